The second kappa shape index (κ2) is 4.61. The van der Waals surface area contributed by atoms with E-state index in [9.17, 15) is 0 Å². The van der Waals surface area contributed by atoms with Gasteiger partial charge < -0.3 is 10.1 Å². The van der Waals surface area contributed by atoms with Crippen LogP contribution in [0.5, 0.6) is 5.75 Å². The Morgan fingerprint density at radius 1 is 1.33 bits per heavy atom. The first kappa shape index (κ1) is 11.5. The molecule has 0 saturated carbocycles. The molecule has 94 valence electrons. The predicted molar refractivity (Wildman–Crippen MR) is 74.6 cm³/mol. The minimum Gasteiger partial charge on any atom is -0.486 e. The molecule has 0 amide bonds. The molecule has 18 heavy (non-hydrogen) atoms. The maximum Gasteiger partial charge on any atom is 0.140 e. The number of nitrogens with zero attached hydrogens (tertiary/aromatic N) is 1. The molecular formula is C14H16N2OS. The summed E-state index contributed by atoms with van der Waals surface area (Å²) in [7, 11) is 0. The van der Waals surface area contributed by atoms with Gasteiger partial charge in [0.15, 0.2) is 0 Å². The minimum absolute atomic E-state index is 0.557. The molecule has 1 aliphatic heterocycles. The molecule has 0 unspecified atom stereocenters. The highest BCUT2D eigenvalue weighted by atomic mass is 32.1. The second-order valence-corrected chi connectivity index (χ2v) is 5.76. The molecule has 0 bridgehead atoms. The quantitative estimate of drug-likeness (QED) is 0.919. The highest BCUT2D eigenvalue weighted by Gasteiger charge is 2.16. The van der Waals surface area contributed by atoms with Gasteiger partial charge in [0.1, 0.15) is 23.2 Å². The van der Waals surface area contributed by atoms with Crippen LogP contribution >= 0.6 is 11.3 Å². The van der Waals surface area contributed by atoms with Gasteiger partial charge in [-0.05, 0) is 37.1 Å². The van der Waals surface area contributed by atoms with E-state index in [-0.39, 0.29) is 0 Å². The maximum absolute atomic E-state index is 5.78. The molecule has 3 nitrogen and oxygen atoms in total. The third kappa shape index (κ3) is 2.20. The van der Waals surface area contributed by atoms with Crippen LogP contribution in [0.1, 0.15) is 21.0 Å². The van der Waals surface area contributed by atoms with Crippen LogP contribution in [0.3, 0.4) is 0 Å². The van der Waals surface area contributed by atoms with Crippen LogP contribution in [0.25, 0.3) is 0 Å². The van der Waals surface area contributed by atoms with E-state index < -0.39 is 0 Å². The SMILES string of the molecule is Cc1ccc(OCc2nc3c(s2)CCN3)cc1C. The summed E-state index contributed by atoms with van der Waals surface area (Å²) < 4.78 is 5.78. The van der Waals surface area contributed by atoms with Crippen LogP contribution in [0.4, 0.5) is 5.82 Å². The van der Waals surface area contributed by atoms with E-state index in [1.165, 1.54) is 16.0 Å². The zero-order valence-corrected chi connectivity index (χ0v) is 11.4. The first-order valence-electron chi connectivity index (χ1n) is 6.15. The van der Waals surface area contributed by atoms with Crippen molar-refractivity contribution in [1.82, 2.24) is 4.98 Å². The van der Waals surface area contributed by atoms with Crippen molar-refractivity contribution < 1.29 is 4.74 Å². The highest BCUT2D eigenvalue weighted by Crippen LogP contribution is 2.28. The monoisotopic (exact) mass is 260 g/mol. The molecule has 3 rings (SSSR count). The summed E-state index contributed by atoms with van der Waals surface area (Å²) in [6.07, 6.45) is 1.09. The van der Waals surface area contributed by atoms with Crippen molar-refractivity contribution in [1.29, 1.82) is 0 Å². The van der Waals surface area contributed by atoms with Crippen molar-refractivity contribution in [2.75, 3.05) is 11.9 Å². The molecule has 0 radical (unpaired) electrons. The molecule has 2 heterocycles. The number of nitrogens with one attached hydrogen (secondary N) is 1. The van der Waals surface area contributed by atoms with Crippen molar-refractivity contribution in [3.05, 3.63) is 39.2 Å². The van der Waals surface area contributed by atoms with Crippen molar-refractivity contribution in [3.8, 4) is 5.75 Å². The van der Waals surface area contributed by atoms with Crippen LogP contribution in [0.15, 0.2) is 18.2 Å². The number of aromatic nitrogens is 1. The van der Waals surface area contributed by atoms with Crippen LogP contribution in [-0.4, -0.2) is 11.5 Å². The van der Waals surface area contributed by atoms with Crippen LogP contribution in [0, 0.1) is 13.8 Å². The van der Waals surface area contributed by atoms with Crippen molar-refractivity contribution >= 4 is 17.2 Å². The standard InChI is InChI=1S/C14H16N2OS/c1-9-3-4-11(7-10(9)2)17-8-13-16-14-12(18-13)5-6-15-14/h3-4,7,15H,5-6,8H2,1-2H3. The van der Waals surface area contributed by atoms with Gasteiger partial charge in [0.05, 0.1) is 4.88 Å². The lowest BCUT2D eigenvalue weighted by Gasteiger charge is -2.06. The fourth-order valence-corrected chi connectivity index (χ4v) is 2.97. The van der Waals surface area contributed by atoms with Gasteiger partial charge in [-0.2, -0.15) is 0 Å². The second-order valence-electron chi connectivity index (χ2n) is 4.59. The highest BCUT2D eigenvalue weighted by molar-refractivity contribution is 7.12. The summed E-state index contributed by atoms with van der Waals surface area (Å²) in [6, 6.07) is 6.19. The van der Waals surface area contributed by atoms with E-state index in [0.29, 0.717) is 6.61 Å². The number of aryl methyl sites for hydroxylation is 2. The summed E-state index contributed by atoms with van der Waals surface area (Å²) >= 11 is 1.75. The Bertz CT molecular complexity index is 556. The number of benzene rings is 1. The topological polar surface area (TPSA) is 34.1 Å². The summed E-state index contributed by atoms with van der Waals surface area (Å²) in [5, 5.41) is 4.33. The van der Waals surface area contributed by atoms with Gasteiger partial charge in [-0.15, -0.1) is 11.3 Å². The van der Waals surface area contributed by atoms with Gasteiger partial charge >= 0.3 is 0 Å². The average Bonchev–Trinajstić information content (AvgIpc) is 2.91. The molecular weight excluding hydrogens is 244 g/mol. The molecule has 1 aromatic carbocycles. The first-order chi connectivity index (χ1) is 8.72. The van der Waals surface area contributed by atoms with E-state index in [0.717, 1.165) is 29.5 Å². The third-order valence-electron chi connectivity index (χ3n) is 3.23. The third-order valence-corrected chi connectivity index (χ3v) is 4.32. The van der Waals surface area contributed by atoms with Gasteiger partial charge in [0.2, 0.25) is 0 Å². The normalized spacial score (nSPS) is 13.2. The molecule has 0 atom stereocenters. The molecule has 0 spiro atoms. The molecule has 0 fully saturated rings. The van der Waals surface area contributed by atoms with Crippen LogP contribution in [-0.2, 0) is 13.0 Å². The number of hydrogen-bond donors (Lipinski definition) is 1. The van der Waals surface area contributed by atoms with Crippen molar-refractivity contribution in [2.24, 2.45) is 0 Å². The summed E-state index contributed by atoms with van der Waals surface area (Å²) in [6.45, 7) is 5.79. The van der Waals surface area contributed by atoms with Gasteiger partial charge in [0, 0.05) is 13.0 Å². The molecule has 1 aliphatic rings. The van der Waals surface area contributed by atoms with Crippen LogP contribution < -0.4 is 10.1 Å². The smallest absolute Gasteiger partial charge is 0.140 e. The van der Waals surface area contributed by atoms with E-state index in [2.05, 4.69) is 36.3 Å². The van der Waals surface area contributed by atoms with E-state index >= 15 is 0 Å². The largest absolute Gasteiger partial charge is 0.486 e. The minimum atomic E-state index is 0.557. The number of ether oxygens (including phenoxy) is 1. The number of anilines is 1. The number of thiazole rings is 1. The Hall–Kier alpha value is -1.55. The van der Waals surface area contributed by atoms with Crippen molar-refractivity contribution in [3.63, 3.8) is 0 Å². The zero-order valence-electron chi connectivity index (χ0n) is 10.6. The first-order valence-corrected chi connectivity index (χ1v) is 6.96. The molecule has 0 saturated heterocycles. The molecule has 0 aliphatic carbocycles. The predicted octanol–water partition coefficient (Wildman–Crippen LogP) is 3.31. The number of fused-ring (bicyclic) bond motifs is 1. The summed E-state index contributed by atoms with van der Waals surface area (Å²) in [5.74, 6) is 1.97. The Labute approximate surface area is 111 Å². The lowest BCUT2D eigenvalue weighted by atomic mass is 10.1. The zero-order chi connectivity index (χ0) is 12.5. The van der Waals surface area contributed by atoms with Gasteiger partial charge in [-0.3, -0.25) is 0 Å². The van der Waals surface area contributed by atoms with Crippen LogP contribution in [0.2, 0.25) is 0 Å². The maximum atomic E-state index is 5.78. The fourth-order valence-electron chi connectivity index (χ4n) is 2.01. The lowest BCUT2D eigenvalue weighted by molar-refractivity contribution is 0.305. The van der Waals surface area contributed by atoms with Gasteiger partial charge in [-0.25, -0.2) is 4.98 Å². The van der Waals surface area contributed by atoms with Crippen molar-refractivity contribution in [2.45, 2.75) is 26.9 Å². The summed E-state index contributed by atoms with van der Waals surface area (Å²) in [4.78, 5) is 5.88. The Balaban J connectivity index is 1.68. The van der Waals surface area contributed by atoms with E-state index in [1.54, 1.807) is 11.3 Å². The van der Waals surface area contributed by atoms with Gasteiger partial charge in [0.25, 0.3) is 0 Å². The fraction of sp³-hybridized carbons (Fsp3) is 0.357. The number of hydrogen-bond acceptors (Lipinski definition) is 4. The Morgan fingerprint density at radius 2 is 2.22 bits per heavy atom. The number of rotatable bonds is 3. The van der Waals surface area contributed by atoms with Gasteiger partial charge in [-0.1, -0.05) is 6.07 Å². The van der Waals surface area contributed by atoms with E-state index in [1.807, 2.05) is 6.07 Å². The molecule has 2 aromatic rings. The lowest BCUT2D eigenvalue weighted by Crippen LogP contribution is -1.98. The summed E-state index contributed by atoms with van der Waals surface area (Å²) in [5.41, 5.74) is 2.55. The molecule has 4 heteroatoms. The molecule has 1 N–H and O–H groups in total. The van der Waals surface area contributed by atoms with E-state index in [4.69, 9.17) is 4.74 Å². The average molecular weight is 260 g/mol. The Kier molecular flexibility index (Phi) is 2.96. The Morgan fingerprint density at radius 3 is 3.00 bits per heavy atom. The molecule has 1 aromatic heterocycles.